The molecule has 4 nitrogen and oxygen atoms in total. The lowest BCUT2D eigenvalue weighted by Gasteiger charge is -2.17. The van der Waals surface area contributed by atoms with E-state index in [9.17, 15) is 4.79 Å². The van der Waals surface area contributed by atoms with Gasteiger partial charge in [-0.25, -0.2) is 4.98 Å². The standard InChI is InChI=1S/C13H14ClN3OS/c1-8-16-6-10(19-8)7-17(2)13(18)11-5-9(14)3-4-12(11)15/h3-6H,7,15H2,1-2H3. The topological polar surface area (TPSA) is 59.2 Å². The van der Waals surface area contributed by atoms with Gasteiger partial charge in [0.15, 0.2) is 0 Å². The molecule has 6 heteroatoms. The van der Waals surface area contributed by atoms with Crippen LogP contribution < -0.4 is 5.73 Å². The number of rotatable bonds is 3. The first-order valence-electron chi connectivity index (χ1n) is 5.69. The van der Waals surface area contributed by atoms with Crippen LogP contribution in [0.15, 0.2) is 24.4 Å². The van der Waals surface area contributed by atoms with Gasteiger partial charge in [0.25, 0.3) is 5.91 Å². The van der Waals surface area contributed by atoms with E-state index in [2.05, 4.69) is 4.98 Å². The number of hydrogen-bond donors (Lipinski definition) is 1. The molecule has 2 aromatic rings. The van der Waals surface area contributed by atoms with Crippen molar-refractivity contribution in [2.24, 2.45) is 0 Å². The summed E-state index contributed by atoms with van der Waals surface area (Å²) in [5.41, 5.74) is 6.67. The largest absolute Gasteiger partial charge is 0.398 e. The lowest BCUT2D eigenvalue weighted by molar-refractivity contribution is 0.0787. The number of nitrogen functional groups attached to an aromatic ring is 1. The minimum atomic E-state index is -0.147. The van der Waals surface area contributed by atoms with Gasteiger partial charge in [-0.2, -0.15) is 0 Å². The summed E-state index contributed by atoms with van der Waals surface area (Å²) in [4.78, 5) is 19.1. The van der Waals surface area contributed by atoms with Crippen molar-refractivity contribution in [1.82, 2.24) is 9.88 Å². The van der Waals surface area contributed by atoms with Crippen LogP contribution in [0.1, 0.15) is 20.2 Å². The van der Waals surface area contributed by atoms with E-state index in [0.717, 1.165) is 9.88 Å². The van der Waals surface area contributed by atoms with E-state index in [0.29, 0.717) is 22.8 Å². The summed E-state index contributed by atoms with van der Waals surface area (Å²) in [5.74, 6) is -0.147. The Bertz CT molecular complexity index is 612. The number of aromatic nitrogens is 1. The fraction of sp³-hybridized carbons (Fsp3) is 0.231. The summed E-state index contributed by atoms with van der Waals surface area (Å²) < 4.78 is 0. The molecule has 0 unspecified atom stereocenters. The summed E-state index contributed by atoms with van der Waals surface area (Å²) in [5, 5.41) is 1.48. The number of carbonyl (C=O) groups excluding carboxylic acids is 1. The predicted octanol–water partition coefficient (Wildman–Crippen LogP) is 2.96. The first-order chi connectivity index (χ1) is 8.97. The van der Waals surface area contributed by atoms with Crippen molar-refractivity contribution < 1.29 is 4.79 Å². The quantitative estimate of drug-likeness (QED) is 0.886. The highest BCUT2D eigenvalue weighted by molar-refractivity contribution is 7.11. The normalized spacial score (nSPS) is 10.5. The first-order valence-corrected chi connectivity index (χ1v) is 6.88. The maximum absolute atomic E-state index is 12.3. The van der Waals surface area contributed by atoms with Gasteiger partial charge in [-0.3, -0.25) is 4.79 Å². The highest BCUT2D eigenvalue weighted by atomic mass is 35.5. The number of anilines is 1. The summed E-state index contributed by atoms with van der Waals surface area (Å²) in [7, 11) is 1.73. The number of thiazole rings is 1. The molecule has 2 N–H and O–H groups in total. The molecule has 19 heavy (non-hydrogen) atoms. The van der Waals surface area contributed by atoms with E-state index in [1.807, 2.05) is 6.92 Å². The second-order valence-electron chi connectivity index (χ2n) is 4.24. The zero-order valence-corrected chi connectivity index (χ0v) is 12.3. The average Bonchev–Trinajstić information content (AvgIpc) is 2.77. The molecule has 0 radical (unpaired) electrons. The second-order valence-corrected chi connectivity index (χ2v) is 5.99. The Balaban J connectivity index is 2.16. The summed E-state index contributed by atoms with van der Waals surface area (Å²) >= 11 is 7.47. The third-order valence-corrected chi connectivity index (χ3v) is 3.79. The molecule has 0 aliphatic heterocycles. The summed E-state index contributed by atoms with van der Waals surface area (Å²) in [6, 6.07) is 4.90. The summed E-state index contributed by atoms with van der Waals surface area (Å²) in [6.45, 7) is 2.45. The van der Waals surface area contributed by atoms with Crippen molar-refractivity contribution >= 4 is 34.5 Å². The third kappa shape index (κ3) is 3.24. The van der Waals surface area contributed by atoms with Crippen LogP contribution >= 0.6 is 22.9 Å². The number of nitrogens with two attached hydrogens (primary N) is 1. The molecule has 0 saturated heterocycles. The Kier molecular flexibility index (Phi) is 4.07. The van der Waals surface area contributed by atoms with Crippen molar-refractivity contribution in [3.8, 4) is 0 Å². The monoisotopic (exact) mass is 295 g/mol. The first kappa shape index (κ1) is 13.8. The third-order valence-electron chi connectivity index (χ3n) is 2.65. The molecule has 0 aliphatic rings. The van der Waals surface area contributed by atoms with Crippen LogP contribution in [-0.4, -0.2) is 22.8 Å². The zero-order valence-electron chi connectivity index (χ0n) is 10.7. The van der Waals surface area contributed by atoms with Crippen molar-refractivity contribution in [3.05, 3.63) is 44.9 Å². The van der Waals surface area contributed by atoms with Gasteiger partial charge in [0.2, 0.25) is 0 Å². The molecule has 0 spiro atoms. The van der Waals surface area contributed by atoms with E-state index in [-0.39, 0.29) is 5.91 Å². The lowest BCUT2D eigenvalue weighted by Crippen LogP contribution is -2.26. The van der Waals surface area contributed by atoms with Crippen LogP contribution in [0, 0.1) is 6.92 Å². The smallest absolute Gasteiger partial charge is 0.256 e. The van der Waals surface area contributed by atoms with E-state index >= 15 is 0 Å². The van der Waals surface area contributed by atoms with Gasteiger partial charge in [-0.05, 0) is 25.1 Å². The molecule has 0 bridgehead atoms. The Morgan fingerprint density at radius 2 is 2.26 bits per heavy atom. The lowest BCUT2D eigenvalue weighted by atomic mass is 10.1. The van der Waals surface area contributed by atoms with Crippen molar-refractivity contribution in [1.29, 1.82) is 0 Å². The Labute approximate surface area is 120 Å². The molecule has 2 rings (SSSR count). The SMILES string of the molecule is Cc1ncc(CN(C)C(=O)c2cc(Cl)ccc2N)s1. The van der Waals surface area contributed by atoms with E-state index in [4.69, 9.17) is 17.3 Å². The Morgan fingerprint density at radius 3 is 2.89 bits per heavy atom. The molecular formula is C13H14ClN3OS. The maximum Gasteiger partial charge on any atom is 0.256 e. The number of hydrogen-bond acceptors (Lipinski definition) is 4. The van der Waals surface area contributed by atoms with E-state index in [1.54, 1.807) is 47.7 Å². The molecule has 1 aromatic heterocycles. The van der Waals surface area contributed by atoms with Gasteiger partial charge >= 0.3 is 0 Å². The maximum atomic E-state index is 12.3. The van der Waals surface area contributed by atoms with Crippen LogP contribution in [0.25, 0.3) is 0 Å². The number of nitrogens with zero attached hydrogens (tertiary/aromatic N) is 2. The minimum Gasteiger partial charge on any atom is -0.398 e. The summed E-state index contributed by atoms with van der Waals surface area (Å²) in [6.07, 6.45) is 1.78. The fourth-order valence-corrected chi connectivity index (χ4v) is 2.72. The van der Waals surface area contributed by atoms with Crippen LogP contribution in [0.3, 0.4) is 0 Å². The minimum absolute atomic E-state index is 0.147. The molecule has 0 aliphatic carbocycles. The highest BCUT2D eigenvalue weighted by Gasteiger charge is 2.16. The fourth-order valence-electron chi connectivity index (χ4n) is 1.70. The molecule has 100 valence electrons. The van der Waals surface area contributed by atoms with Crippen LogP contribution in [0.4, 0.5) is 5.69 Å². The number of benzene rings is 1. The van der Waals surface area contributed by atoms with Crippen molar-refractivity contribution in [2.45, 2.75) is 13.5 Å². The van der Waals surface area contributed by atoms with Gasteiger partial charge < -0.3 is 10.6 Å². The molecular weight excluding hydrogens is 282 g/mol. The van der Waals surface area contributed by atoms with Gasteiger partial charge in [-0.15, -0.1) is 11.3 Å². The Hall–Kier alpha value is -1.59. The van der Waals surface area contributed by atoms with E-state index < -0.39 is 0 Å². The highest BCUT2D eigenvalue weighted by Crippen LogP contribution is 2.21. The number of aryl methyl sites for hydroxylation is 1. The molecule has 1 amide bonds. The zero-order chi connectivity index (χ0) is 14.0. The molecule has 0 atom stereocenters. The predicted molar refractivity (Wildman–Crippen MR) is 78.5 cm³/mol. The van der Waals surface area contributed by atoms with Gasteiger partial charge in [-0.1, -0.05) is 11.6 Å². The van der Waals surface area contributed by atoms with Gasteiger partial charge in [0.1, 0.15) is 0 Å². The molecule has 0 saturated carbocycles. The van der Waals surface area contributed by atoms with Crippen molar-refractivity contribution in [2.75, 3.05) is 12.8 Å². The Morgan fingerprint density at radius 1 is 1.53 bits per heavy atom. The average molecular weight is 296 g/mol. The second kappa shape index (κ2) is 5.59. The van der Waals surface area contributed by atoms with Crippen LogP contribution in [0.2, 0.25) is 5.02 Å². The number of amides is 1. The van der Waals surface area contributed by atoms with Gasteiger partial charge in [0, 0.05) is 28.8 Å². The van der Waals surface area contributed by atoms with Crippen LogP contribution in [0.5, 0.6) is 0 Å². The van der Waals surface area contributed by atoms with E-state index in [1.165, 1.54) is 0 Å². The number of carbonyl (C=O) groups is 1. The molecule has 0 fully saturated rings. The number of halogens is 1. The van der Waals surface area contributed by atoms with Gasteiger partial charge in [0.05, 0.1) is 17.1 Å². The van der Waals surface area contributed by atoms with Crippen molar-refractivity contribution in [3.63, 3.8) is 0 Å². The molecule has 1 heterocycles. The molecule has 1 aromatic carbocycles. The van der Waals surface area contributed by atoms with Crippen LogP contribution in [-0.2, 0) is 6.54 Å².